The van der Waals surface area contributed by atoms with Crippen molar-refractivity contribution in [3.63, 3.8) is 0 Å². The van der Waals surface area contributed by atoms with Crippen molar-refractivity contribution in [2.75, 3.05) is 24.3 Å². The summed E-state index contributed by atoms with van der Waals surface area (Å²) < 4.78 is 0. The number of hydrogen-bond acceptors (Lipinski definition) is 3. The Kier molecular flexibility index (Phi) is 9.78. The van der Waals surface area contributed by atoms with Crippen molar-refractivity contribution in [2.24, 2.45) is 11.8 Å². The third-order valence-corrected chi connectivity index (χ3v) is 6.68. The van der Waals surface area contributed by atoms with E-state index in [4.69, 9.17) is 11.6 Å². The summed E-state index contributed by atoms with van der Waals surface area (Å²) in [7, 11) is 3.97. The zero-order chi connectivity index (χ0) is 24.7. The molecule has 0 spiro atoms. The van der Waals surface area contributed by atoms with Gasteiger partial charge in [-0.1, -0.05) is 51.4 Å². The lowest BCUT2D eigenvalue weighted by atomic mass is 9.97. The monoisotopic (exact) mass is 471 g/mol. The number of nitrogens with one attached hydrogen (secondary N) is 1. The van der Waals surface area contributed by atoms with Crippen molar-refractivity contribution in [1.82, 2.24) is 4.90 Å². The first-order chi connectivity index (χ1) is 15.6. The first-order valence-corrected chi connectivity index (χ1v) is 12.1. The van der Waals surface area contributed by atoms with Crippen LogP contribution in [0, 0.1) is 11.8 Å². The van der Waals surface area contributed by atoms with Crippen LogP contribution in [-0.2, 0) is 11.3 Å². The second-order valence-corrected chi connectivity index (χ2v) is 9.54. The average Bonchev–Trinajstić information content (AvgIpc) is 2.77. The van der Waals surface area contributed by atoms with Crippen LogP contribution in [0.4, 0.5) is 11.4 Å². The standard InChI is InChI=1S/C27H38ClN3O2/c1-8-20(9-2)27(33)31(19(5)18(3)4)17-21-16-22(14-15-25(21)30(6)7)29-26(32)23-12-10-11-13-24(23)28/h10-16,18-20H,8-9,17H2,1-7H3,(H,29,32)/t19-/m1/s1. The number of nitrogens with zero attached hydrogens (tertiary/aromatic N) is 2. The van der Waals surface area contributed by atoms with E-state index in [1.165, 1.54) is 0 Å². The molecule has 0 heterocycles. The molecular formula is C27H38ClN3O2. The van der Waals surface area contributed by atoms with E-state index in [9.17, 15) is 9.59 Å². The van der Waals surface area contributed by atoms with Crippen molar-refractivity contribution >= 4 is 34.8 Å². The zero-order valence-corrected chi connectivity index (χ0v) is 21.7. The van der Waals surface area contributed by atoms with Crippen LogP contribution < -0.4 is 10.2 Å². The minimum atomic E-state index is -0.260. The molecule has 0 aromatic heterocycles. The Morgan fingerprint density at radius 3 is 2.18 bits per heavy atom. The van der Waals surface area contributed by atoms with Crippen LogP contribution in [0.2, 0.25) is 5.02 Å². The lowest BCUT2D eigenvalue weighted by molar-refractivity contribution is -0.139. The van der Waals surface area contributed by atoms with Crippen molar-refractivity contribution in [3.05, 3.63) is 58.6 Å². The molecule has 1 atom stereocenters. The Balaban J connectivity index is 2.41. The molecule has 0 aliphatic carbocycles. The molecule has 2 aromatic carbocycles. The minimum absolute atomic E-state index is 0.0112. The van der Waals surface area contributed by atoms with E-state index in [1.54, 1.807) is 24.3 Å². The zero-order valence-electron chi connectivity index (χ0n) is 21.0. The van der Waals surface area contributed by atoms with Crippen LogP contribution in [0.25, 0.3) is 0 Å². The van der Waals surface area contributed by atoms with Crippen LogP contribution >= 0.6 is 11.6 Å². The summed E-state index contributed by atoms with van der Waals surface area (Å²) in [6.07, 6.45) is 1.65. The van der Waals surface area contributed by atoms with Crippen molar-refractivity contribution in [1.29, 1.82) is 0 Å². The maximum Gasteiger partial charge on any atom is 0.257 e. The molecule has 2 amide bonds. The van der Waals surface area contributed by atoms with Gasteiger partial charge in [0.1, 0.15) is 0 Å². The van der Waals surface area contributed by atoms with Crippen molar-refractivity contribution < 1.29 is 9.59 Å². The fraction of sp³-hybridized carbons (Fsp3) is 0.481. The molecule has 0 aliphatic rings. The molecule has 0 radical (unpaired) electrons. The van der Waals surface area contributed by atoms with E-state index in [0.29, 0.717) is 28.7 Å². The molecule has 0 saturated carbocycles. The van der Waals surface area contributed by atoms with Crippen LogP contribution in [-0.4, -0.2) is 36.9 Å². The van der Waals surface area contributed by atoms with Crippen LogP contribution in [0.15, 0.2) is 42.5 Å². The third kappa shape index (κ3) is 6.73. The first kappa shape index (κ1) is 26.7. The highest BCUT2D eigenvalue weighted by Gasteiger charge is 2.28. The maximum absolute atomic E-state index is 13.5. The van der Waals surface area contributed by atoms with Gasteiger partial charge in [-0.05, 0) is 61.6 Å². The van der Waals surface area contributed by atoms with Gasteiger partial charge in [0.2, 0.25) is 5.91 Å². The SMILES string of the molecule is CCC(CC)C(=O)N(Cc1cc(NC(=O)c2ccccc2Cl)ccc1N(C)C)[C@H](C)C(C)C. The number of carbonyl (C=O) groups is 2. The molecule has 0 fully saturated rings. The molecule has 5 nitrogen and oxygen atoms in total. The van der Waals surface area contributed by atoms with Gasteiger partial charge in [0.25, 0.3) is 5.91 Å². The third-order valence-electron chi connectivity index (χ3n) is 6.35. The number of rotatable bonds is 10. The first-order valence-electron chi connectivity index (χ1n) is 11.8. The highest BCUT2D eigenvalue weighted by Crippen LogP contribution is 2.28. The molecule has 0 saturated heterocycles. The molecule has 0 bridgehead atoms. The summed E-state index contributed by atoms with van der Waals surface area (Å²) in [5.74, 6) is 0.271. The van der Waals surface area contributed by atoms with E-state index in [1.807, 2.05) is 42.1 Å². The topological polar surface area (TPSA) is 52.7 Å². The van der Waals surface area contributed by atoms with E-state index in [-0.39, 0.29) is 23.8 Å². The second kappa shape index (κ2) is 12.1. The number of carbonyl (C=O) groups excluding carboxylic acids is 2. The largest absolute Gasteiger partial charge is 0.377 e. The van der Waals surface area contributed by atoms with Gasteiger partial charge in [-0.2, -0.15) is 0 Å². The Bertz CT molecular complexity index is 954. The summed E-state index contributed by atoms with van der Waals surface area (Å²) in [6.45, 7) is 11.0. The molecule has 2 rings (SSSR count). The summed E-state index contributed by atoms with van der Waals surface area (Å²) in [6, 6.07) is 12.9. The summed E-state index contributed by atoms with van der Waals surface area (Å²) >= 11 is 6.20. The lowest BCUT2D eigenvalue weighted by Crippen LogP contribution is -2.44. The smallest absolute Gasteiger partial charge is 0.257 e. The Labute approximate surface area is 204 Å². The number of amides is 2. The number of halogens is 1. The highest BCUT2D eigenvalue weighted by atomic mass is 35.5. The van der Waals surface area contributed by atoms with Crippen LogP contribution in [0.1, 0.15) is 63.4 Å². The normalized spacial score (nSPS) is 12.1. The van der Waals surface area contributed by atoms with Gasteiger partial charge in [0, 0.05) is 44.0 Å². The summed E-state index contributed by atoms with van der Waals surface area (Å²) in [5.41, 5.74) is 3.11. The number of benzene rings is 2. The van der Waals surface area contributed by atoms with Gasteiger partial charge in [0.15, 0.2) is 0 Å². The van der Waals surface area contributed by atoms with Gasteiger partial charge < -0.3 is 15.1 Å². The fourth-order valence-corrected chi connectivity index (χ4v) is 4.13. The van der Waals surface area contributed by atoms with E-state index in [0.717, 1.165) is 24.1 Å². The number of anilines is 2. The van der Waals surface area contributed by atoms with Crippen molar-refractivity contribution in [3.8, 4) is 0 Å². The van der Waals surface area contributed by atoms with Crippen LogP contribution in [0.5, 0.6) is 0 Å². The molecule has 180 valence electrons. The van der Waals surface area contributed by atoms with Crippen LogP contribution in [0.3, 0.4) is 0 Å². The molecule has 33 heavy (non-hydrogen) atoms. The van der Waals surface area contributed by atoms with Gasteiger partial charge in [0.05, 0.1) is 10.6 Å². The van der Waals surface area contributed by atoms with Gasteiger partial charge in [-0.25, -0.2) is 0 Å². The number of hydrogen-bond donors (Lipinski definition) is 1. The van der Waals surface area contributed by atoms with Gasteiger partial charge in [-0.3, -0.25) is 9.59 Å². The van der Waals surface area contributed by atoms with Gasteiger partial charge in [-0.15, -0.1) is 0 Å². The minimum Gasteiger partial charge on any atom is -0.377 e. The Hall–Kier alpha value is -2.53. The fourth-order valence-electron chi connectivity index (χ4n) is 3.91. The Morgan fingerprint density at radius 1 is 1.00 bits per heavy atom. The molecule has 0 unspecified atom stereocenters. The summed E-state index contributed by atoms with van der Waals surface area (Å²) in [4.78, 5) is 30.3. The van der Waals surface area contributed by atoms with Gasteiger partial charge >= 0.3 is 0 Å². The van der Waals surface area contributed by atoms with E-state index < -0.39 is 0 Å². The second-order valence-electron chi connectivity index (χ2n) is 9.14. The quantitative estimate of drug-likeness (QED) is 0.432. The predicted molar refractivity (Wildman–Crippen MR) is 139 cm³/mol. The predicted octanol–water partition coefficient (Wildman–Crippen LogP) is 6.47. The Morgan fingerprint density at radius 2 is 1.64 bits per heavy atom. The average molecular weight is 472 g/mol. The molecule has 0 aliphatic heterocycles. The van der Waals surface area contributed by atoms with E-state index in [2.05, 4.69) is 39.9 Å². The maximum atomic E-state index is 13.5. The highest BCUT2D eigenvalue weighted by molar-refractivity contribution is 6.34. The lowest BCUT2D eigenvalue weighted by Gasteiger charge is -2.35. The molecular weight excluding hydrogens is 434 g/mol. The molecule has 1 N–H and O–H groups in total. The molecule has 6 heteroatoms. The molecule has 2 aromatic rings. The van der Waals surface area contributed by atoms with E-state index >= 15 is 0 Å². The van der Waals surface area contributed by atoms with Crippen molar-refractivity contribution in [2.45, 2.75) is 60.0 Å². The summed E-state index contributed by atoms with van der Waals surface area (Å²) in [5, 5.41) is 3.37.